The summed E-state index contributed by atoms with van der Waals surface area (Å²) in [5.41, 5.74) is -2.02. The molecular formula is C22H19Cl2F3N2O4. The average molecular weight is 503 g/mol. The lowest BCUT2D eigenvalue weighted by molar-refractivity contribution is -0.275. The Bertz CT molecular complexity index is 1140. The maximum Gasteiger partial charge on any atom is 0.435 e. The van der Waals surface area contributed by atoms with Crippen molar-refractivity contribution < 1.29 is 32.3 Å². The minimum atomic E-state index is -4.80. The van der Waals surface area contributed by atoms with Gasteiger partial charge in [-0.3, -0.25) is 10.1 Å². The second-order valence-corrected chi connectivity index (χ2v) is 8.51. The molecule has 6 nitrogen and oxygen atoms in total. The minimum absolute atomic E-state index is 0.0349. The minimum Gasteiger partial charge on any atom is -0.447 e. The highest BCUT2D eigenvalue weighted by atomic mass is 35.5. The molecule has 11 heteroatoms. The summed E-state index contributed by atoms with van der Waals surface area (Å²) in [6.07, 6.45) is -6.73. The second-order valence-electron chi connectivity index (χ2n) is 7.70. The van der Waals surface area contributed by atoms with Crippen molar-refractivity contribution in [3.63, 3.8) is 0 Å². The highest BCUT2D eigenvalue weighted by Crippen LogP contribution is 2.49. The Kier molecular flexibility index (Phi) is 6.95. The molecular weight excluding hydrogens is 484 g/mol. The molecule has 1 heterocycles. The van der Waals surface area contributed by atoms with E-state index in [1.54, 1.807) is 20.8 Å². The summed E-state index contributed by atoms with van der Waals surface area (Å²) < 4.78 is 47.2. The van der Waals surface area contributed by atoms with E-state index in [0.717, 1.165) is 6.07 Å². The highest BCUT2D eigenvalue weighted by Gasteiger charge is 2.62. The molecule has 0 spiro atoms. The van der Waals surface area contributed by atoms with E-state index in [2.05, 4.69) is 10.5 Å². The summed E-state index contributed by atoms with van der Waals surface area (Å²) in [5, 5.41) is 5.86. The van der Waals surface area contributed by atoms with Crippen molar-refractivity contribution in [2.75, 3.05) is 0 Å². The number of rotatable bonds is 4. The van der Waals surface area contributed by atoms with Crippen LogP contribution in [0.4, 0.5) is 18.0 Å². The fourth-order valence-electron chi connectivity index (χ4n) is 3.31. The summed E-state index contributed by atoms with van der Waals surface area (Å²) in [5.74, 6) is -0.699. The van der Waals surface area contributed by atoms with Gasteiger partial charge in [0.05, 0.1) is 21.9 Å². The molecule has 33 heavy (non-hydrogen) atoms. The lowest BCUT2D eigenvalue weighted by Gasteiger charge is -2.29. The van der Waals surface area contributed by atoms with Crippen molar-refractivity contribution in [2.45, 2.75) is 45.1 Å². The third-order valence-corrected chi connectivity index (χ3v) is 5.67. The number of alkyl carbamates (subject to hydrolysis) is 1. The second kappa shape index (κ2) is 9.23. The molecule has 0 saturated heterocycles. The lowest BCUT2D eigenvalue weighted by atomic mass is 9.86. The normalized spacial score (nSPS) is 18.0. The van der Waals surface area contributed by atoms with E-state index in [1.165, 1.54) is 30.3 Å². The summed E-state index contributed by atoms with van der Waals surface area (Å²) in [7, 11) is 0. The third-order valence-electron chi connectivity index (χ3n) is 4.93. The molecule has 0 aliphatic carbocycles. The number of alkyl halides is 3. The van der Waals surface area contributed by atoms with Crippen LogP contribution in [0.15, 0.2) is 41.6 Å². The van der Waals surface area contributed by atoms with Crippen LogP contribution >= 0.6 is 23.2 Å². The van der Waals surface area contributed by atoms with Gasteiger partial charge in [0.1, 0.15) is 0 Å². The van der Waals surface area contributed by atoms with Crippen LogP contribution < -0.4 is 5.32 Å². The summed E-state index contributed by atoms with van der Waals surface area (Å²) >= 11 is 11.8. The monoisotopic (exact) mass is 502 g/mol. The number of benzene rings is 2. The molecule has 176 valence electrons. The Balaban J connectivity index is 1.86. The summed E-state index contributed by atoms with van der Waals surface area (Å²) in [6.45, 7) is 4.85. The number of aryl methyl sites for hydroxylation is 1. The van der Waals surface area contributed by atoms with E-state index in [-0.39, 0.29) is 26.9 Å². The van der Waals surface area contributed by atoms with Gasteiger partial charge in [0.15, 0.2) is 0 Å². The predicted molar refractivity (Wildman–Crippen MR) is 117 cm³/mol. The SMILES string of the molecule is Cc1cc(C2=NOC(c3ccc(Cl)c(Cl)c3)(C(F)(F)F)C2)ccc1C(=O)NC(=O)OC(C)C. The number of carbonyl (C=O) groups excluding carboxylic acids is 2. The number of carbonyl (C=O) groups is 2. The molecule has 3 rings (SSSR count). The molecule has 0 bridgehead atoms. The number of oxime groups is 1. The first kappa shape index (κ1) is 24.9. The first-order valence-corrected chi connectivity index (χ1v) is 10.5. The van der Waals surface area contributed by atoms with Crippen LogP contribution in [0.2, 0.25) is 10.0 Å². The van der Waals surface area contributed by atoms with Gasteiger partial charge in [-0.2, -0.15) is 13.2 Å². The molecule has 1 aliphatic rings. The predicted octanol–water partition coefficient (Wildman–Crippen LogP) is 6.16. The molecule has 2 amide bonds. The summed E-state index contributed by atoms with van der Waals surface area (Å²) in [4.78, 5) is 29.0. The van der Waals surface area contributed by atoms with Gasteiger partial charge in [-0.1, -0.05) is 40.5 Å². The van der Waals surface area contributed by atoms with Gasteiger partial charge in [0.2, 0.25) is 0 Å². The molecule has 1 N–H and O–H groups in total. The Morgan fingerprint density at radius 2 is 1.85 bits per heavy atom. The highest BCUT2D eigenvalue weighted by molar-refractivity contribution is 6.42. The van der Waals surface area contributed by atoms with Gasteiger partial charge in [0, 0.05) is 17.5 Å². The quantitative estimate of drug-likeness (QED) is 0.543. The standard InChI is InChI=1S/C22H19Cl2F3N2O4/c1-11(2)32-20(31)28-19(30)15-6-4-13(8-12(15)3)18-10-21(33-29-18,22(25,26)27)14-5-7-16(23)17(24)9-14/h4-9,11H,10H2,1-3H3,(H,28,30,31). The fourth-order valence-corrected chi connectivity index (χ4v) is 3.61. The van der Waals surface area contributed by atoms with Crippen molar-refractivity contribution in [1.82, 2.24) is 5.32 Å². The zero-order valence-corrected chi connectivity index (χ0v) is 19.2. The van der Waals surface area contributed by atoms with Crippen molar-refractivity contribution in [1.29, 1.82) is 0 Å². The molecule has 1 aliphatic heterocycles. The van der Waals surface area contributed by atoms with Crippen LogP contribution in [0.3, 0.4) is 0 Å². The lowest BCUT2D eigenvalue weighted by Crippen LogP contribution is -2.42. The largest absolute Gasteiger partial charge is 0.447 e. The number of ether oxygens (including phenoxy) is 1. The van der Waals surface area contributed by atoms with E-state index < -0.39 is 36.3 Å². The van der Waals surface area contributed by atoms with Crippen LogP contribution in [0.5, 0.6) is 0 Å². The Hall–Kier alpha value is -2.78. The van der Waals surface area contributed by atoms with E-state index in [0.29, 0.717) is 11.1 Å². The van der Waals surface area contributed by atoms with Gasteiger partial charge in [-0.25, -0.2) is 4.79 Å². The molecule has 0 saturated carbocycles. The van der Waals surface area contributed by atoms with Gasteiger partial charge in [-0.15, -0.1) is 0 Å². The molecule has 1 unspecified atom stereocenters. The topological polar surface area (TPSA) is 77.0 Å². The van der Waals surface area contributed by atoms with Gasteiger partial charge >= 0.3 is 12.3 Å². The van der Waals surface area contributed by atoms with Gasteiger partial charge in [0.25, 0.3) is 11.5 Å². The maximum absolute atomic E-state index is 14.1. The average Bonchev–Trinajstić information content (AvgIpc) is 3.16. The maximum atomic E-state index is 14.1. The molecule has 0 fully saturated rings. The molecule has 0 aromatic heterocycles. The Morgan fingerprint density at radius 3 is 2.42 bits per heavy atom. The van der Waals surface area contributed by atoms with Gasteiger partial charge < -0.3 is 9.57 Å². The molecule has 2 aromatic rings. The number of hydrogen-bond acceptors (Lipinski definition) is 5. The number of halogens is 5. The smallest absolute Gasteiger partial charge is 0.435 e. The van der Waals surface area contributed by atoms with Crippen LogP contribution in [0, 0.1) is 6.92 Å². The van der Waals surface area contributed by atoms with Crippen LogP contribution in [-0.4, -0.2) is 30.0 Å². The van der Waals surface area contributed by atoms with Gasteiger partial charge in [-0.05, 0) is 56.2 Å². The van der Waals surface area contributed by atoms with Crippen molar-refractivity contribution in [3.05, 3.63) is 68.7 Å². The number of imide groups is 1. The molecule has 0 radical (unpaired) electrons. The third kappa shape index (κ3) is 5.09. The Labute approximate surface area is 197 Å². The van der Waals surface area contributed by atoms with Crippen molar-refractivity contribution in [3.8, 4) is 0 Å². The number of nitrogens with zero attached hydrogens (tertiary/aromatic N) is 1. The zero-order chi connectivity index (χ0) is 24.6. The van der Waals surface area contributed by atoms with E-state index >= 15 is 0 Å². The van der Waals surface area contributed by atoms with E-state index in [1.807, 2.05) is 0 Å². The number of nitrogens with one attached hydrogen (secondary N) is 1. The van der Waals surface area contributed by atoms with E-state index in [4.69, 9.17) is 32.8 Å². The Morgan fingerprint density at radius 1 is 1.15 bits per heavy atom. The van der Waals surface area contributed by atoms with Crippen molar-refractivity contribution >= 4 is 40.9 Å². The number of amides is 2. The van der Waals surface area contributed by atoms with E-state index in [9.17, 15) is 22.8 Å². The molecule has 1 atom stereocenters. The van der Waals surface area contributed by atoms with Crippen molar-refractivity contribution in [2.24, 2.45) is 5.16 Å². The fraction of sp³-hybridized carbons (Fsp3) is 0.318. The summed E-state index contributed by atoms with van der Waals surface area (Å²) in [6, 6.07) is 7.86. The first-order chi connectivity index (χ1) is 15.3. The zero-order valence-electron chi connectivity index (χ0n) is 17.7. The van der Waals surface area contributed by atoms with Crippen LogP contribution in [0.25, 0.3) is 0 Å². The van der Waals surface area contributed by atoms with Crippen LogP contribution in [0.1, 0.15) is 47.3 Å². The molecule has 2 aromatic carbocycles. The number of hydrogen-bond donors (Lipinski definition) is 1. The van der Waals surface area contributed by atoms with Crippen LogP contribution in [-0.2, 0) is 15.2 Å². The first-order valence-electron chi connectivity index (χ1n) is 9.74.